The molecule has 0 aliphatic heterocycles. The number of rotatable bonds is 9. The maximum atomic E-state index is 12.8. The van der Waals surface area contributed by atoms with Crippen molar-refractivity contribution in [1.29, 1.82) is 0 Å². The van der Waals surface area contributed by atoms with Gasteiger partial charge in [-0.15, -0.1) is 0 Å². The Kier molecular flexibility index (Phi) is 6.99. The van der Waals surface area contributed by atoms with Gasteiger partial charge in [-0.2, -0.15) is 18.9 Å². The Morgan fingerprint density at radius 3 is 2.69 bits per heavy atom. The zero-order valence-corrected chi connectivity index (χ0v) is 19.0. The van der Waals surface area contributed by atoms with Crippen molar-refractivity contribution in [2.45, 2.75) is 33.0 Å². The van der Waals surface area contributed by atoms with E-state index in [0.717, 1.165) is 0 Å². The van der Waals surface area contributed by atoms with Crippen molar-refractivity contribution in [3.05, 3.63) is 65.9 Å². The number of ether oxygens (including phenoxy) is 3. The second-order valence-electron chi connectivity index (χ2n) is 7.53. The molecule has 0 aliphatic carbocycles. The van der Waals surface area contributed by atoms with Gasteiger partial charge in [0, 0.05) is 11.8 Å². The van der Waals surface area contributed by atoms with Gasteiger partial charge in [-0.05, 0) is 36.2 Å². The van der Waals surface area contributed by atoms with Crippen molar-refractivity contribution in [2.24, 2.45) is 0 Å². The van der Waals surface area contributed by atoms with Crippen LogP contribution in [0.4, 0.5) is 8.78 Å². The number of aromatic nitrogens is 5. The Morgan fingerprint density at radius 1 is 1.17 bits per heavy atom. The van der Waals surface area contributed by atoms with Gasteiger partial charge in [0.2, 0.25) is 5.82 Å². The molecular weight excluding hydrogens is 464 g/mol. The molecule has 0 aliphatic rings. The summed E-state index contributed by atoms with van der Waals surface area (Å²) in [5.74, 6) is 0.0853. The number of carbonyl (C=O) groups is 1. The normalized spacial score (nSPS) is 11.2. The number of nitrogens with zero attached hydrogens (tertiary/aromatic N) is 5. The zero-order chi connectivity index (χ0) is 24.9. The fourth-order valence-electron chi connectivity index (χ4n) is 3.37. The lowest BCUT2D eigenvalue weighted by Gasteiger charge is -2.11. The van der Waals surface area contributed by atoms with E-state index in [2.05, 4.69) is 25.0 Å². The molecule has 4 aromatic rings. The van der Waals surface area contributed by atoms with Crippen molar-refractivity contribution in [3.8, 4) is 28.7 Å². The molecule has 4 rings (SSSR count). The molecule has 0 saturated heterocycles. The average Bonchev–Trinajstić information content (AvgIpc) is 3.51. The summed E-state index contributed by atoms with van der Waals surface area (Å²) in [6, 6.07) is 9.62. The SMILES string of the molecule is COc1cc(-c2noc(COC(=O)c3cnn(-c4ccccn4)c3C(C)C)n2)ccc1OC(F)F. The maximum absolute atomic E-state index is 12.8. The summed E-state index contributed by atoms with van der Waals surface area (Å²) in [6.07, 6.45) is 3.07. The first kappa shape index (κ1) is 23.8. The number of hydrogen-bond donors (Lipinski definition) is 0. The molecule has 0 radical (unpaired) electrons. The summed E-state index contributed by atoms with van der Waals surface area (Å²) in [6.45, 7) is 0.600. The summed E-state index contributed by atoms with van der Waals surface area (Å²) in [5.41, 5.74) is 1.38. The highest BCUT2D eigenvalue weighted by atomic mass is 19.3. The van der Waals surface area contributed by atoms with Crippen molar-refractivity contribution < 1.29 is 32.3 Å². The van der Waals surface area contributed by atoms with Crippen LogP contribution in [0.15, 0.2) is 53.3 Å². The zero-order valence-electron chi connectivity index (χ0n) is 19.0. The molecular formula is C23H21F2N5O5. The number of carbonyl (C=O) groups excluding carboxylic acids is 1. The molecule has 0 amide bonds. The minimum absolute atomic E-state index is 0.0379. The largest absolute Gasteiger partial charge is 0.493 e. The summed E-state index contributed by atoms with van der Waals surface area (Å²) in [5, 5.41) is 8.15. The highest BCUT2D eigenvalue weighted by Crippen LogP contribution is 2.32. The van der Waals surface area contributed by atoms with Gasteiger partial charge < -0.3 is 18.7 Å². The molecule has 0 spiro atoms. The van der Waals surface area contributed by atoms with E-state index in [4.69, 9.17) is 14.0 Å². The van der Waals surface area contributed by atoms with Crippen LogP contribution in [-0.2, 0) is 11.3 Å². The van der Waals surface area contributed by atoms with E-state index in [0.29, 0.717) is 22.6 Å². The van der Waals surface area contributed by atoms with E-state index in [-0.39, 0.29) is 35.7 Å². The average molecular weight is 485 g/mol. The first-order valence-corrected chi connectivity index (χ1v) is 10.5. The highest BCUT2D eigenvalue weighted by Gasteiger charge is 2.23. The van der Waals surface area contributed by atoms with Gasteiger partial charge in [-0.3, -0.25) is 0 Å². The molecule has 0 N–H and O–H groups in total. The van der Waals surface area contributed by atoms with Crippen LogP contribution >= 0.6 is 0 Å². The van der Waals surface area contributed by atoms with Gasteiger partial charge >= 0.3 is 12.6 Å². The fraction of sp³-hybridized carbons (Fsp3) is 0.261. The van der Waals surface area contributed by atoms with Gasteiger partial charge in [-0.25, -0.2) is 14.5 Å². The summed E-state index contributed by atoms with van der Waals surface area (Å²) >= 11 is 0. The van der Waals surface area contributed by atoms with Crippen LogP contribution in [0.1, 0.15) is 41.7 Å². The molecule has 12 heteroatoms. The van der Waals surface area contributed by atoms with E-state index in [1.54, 1.807) is 23.0 Å². The van der Waals surface area contributed by atoms with Crippen LogP contribution in [0.25, 0.3) is 17.2 Å². The van der Waals surface area contributed by atoms with E-state index in [1.165, 1.54) is 31.5 Å². The summed E-state index contributed by atoms with van der Waals surface area (Å²) < 4.78 is 46.7. The Morgan fingerprint density at radius 2 is 2.00 bits per heavy atom. The highest BCUT2D eigenvalue weighted by molar-refractivity contribution is 5.90. The molecule has 1 aromatic carbocycles. The minimum atomic E-state index is -2.99. The molecule has 0 unspecified atom stereocenters. The van der Waals surface area contributed by atoms with Crippen LogP contribution in [0.3, 0.4) is 0 Å². The lowest BCUT2D eigenvalue weighted by Crippen LogP contribution is -2.11. The number of esters is 1. The Hall–Kier alpha value is -4.35. The second kappa shape index (κ2) is 10.3. The van der Waals surface area contributed by atoms with E-state index >= 15 is 0 Å². The summed E-state index contributed by atoms with van der Waals surface area (Å²) in [7, 11) is 1.32. The Labute approximate surface area is 198 Å². The van der Waals surface area contributed by atoms with E-state index in [9.17, 15) is 13.6 Å². The minimum Gasteiger partial charge on any atom is -0.493 e. The van der Waals surface area contributed by atoms with Gasteiger partial charge in [0.15, 0.2) is 23.9 Å². The van der Waals surface area contributed by atoms with Gasteiger partial charge in [0.1, 0.15) is 5.56 Å². The van der Waals surface area contributed by atoms with Crippen molar-refractivity contribution in [1.82, 2.24) is 24.9 Å². The molecule has 10 nitrogen and oxygen atoms in total. The molecule has 35 heavy (non-hydrogen) atoms. The number of benzene rings is 1. The topological polar surface area (TPSA) is 114 Å². The molecule has 0 saturated carbocycles. The lowest BCUT2D eigenvalue weighted by atomic mass is 10.1. The third-order valence-electron chi connectivity index (χ3n) is 4.87. The number of halogens is 2. The third kappa shape index (κ3) is 5.26. The predicted octanol–water partition coefficient (Wildman–Crippen LogP) is 4.41. The van der Waals surface area contributed by atoms with Crippen molar-refractivity contribution >= 4 is 5.97 Å². The Balaban J connectivity index is 1.48. The van der Waals surface area contributed by atoms with E-state index < -0.39 is 12.6 Å². The van der Waals surface area contributed by atoms with Gasteiger partial charge in [0.25, 0.3) is 5.89 Å². The number of pyridine rings is 1. The van der Waals surface area contributed by atoms with Gasteiger partial charge in [0.05, 0.1) is 19.0 Å². The molecule has 0 bridgehead atoms. The number of alkyl halides is 2. The third-order valence-corrected chi connectivity index (χ3v) is 4.87. The first-order chi connectivity index (χ1) is 16.9. The van der Waals surface area contributed by atoms with Crippen LogP contribution in [0, 0.1) is 0 Å². The molecule has 3 aromatic heterocycles. The van der Waals surface area contributed by atoms with Crippen LogP contribution < -0.4 is 9.47 Å². The number of methoxy groups -OCH3 is 1. The number of hydrogen-bond acceptors (Lipinski definition) is 9. The van der Waals surface area contributed by atoms with Gasteiger partial charge in [-0.1, -0.05) is 25.1 Å². The first-order valence-electron chi connectivity index (χ1n) is 10.5. The second-order valence-corrected chi connectivity index (χ2v) is 7.53. The standard InChI is InChI=1S/C23H21F2N5O5/c1-13(2)20-15(11-27-30(20)18-6-4-5-9-26-18)22(31)33-12-19-28-21(29-35-19)14-7-8-16(34-23(24)25)17(10-14)32-3/h4-11,13,23H,12H2,1-3H3. The van der Waals surface area contributed by atoms with E-state index in [1.807, 2.05) is 19.9 Å². The lowest BCUT2D eigenvalue weighted by molar-refractivity contribution is -0.0512. The van der Waals surface area contributed by atoms with Crippen LogP contribution in [0.5, 0.6) is 11.5 Å². The van der Waals surface area contributed by atoms with Crippen molar-refractivity contribution in [2.75, 3.05) is 7.11 Å². The predicted molar refractivity (Wildman–Crippen MR) is 117 cm³/mol. The summed E-state index contributed by atoms with van der Waals surface area (Å²) in [4.78, 5) is 21.3. The maximum Gasteiger partial charge on any atom is 0.387 e. The van der Waals surface area contributed by atoms with Crippen LogP contribution in [-0.4, -0.2) is 44.6 Å². The smallest absolute Gasteiger partial charge is 0.387 e. The van der Waals surface area contributed by atoms with Crippen LogP contribution in [0.2, 0.25) is 0 Å². The molecule has 3 heterocycles. The fourth-order valence-corrected chi connectivity index (χ4v) is 3.37. The molecule has 182 valence electrons. The quantitative estimate of drug-likeness (QED) is 0.318. The van der Waals surface area contributed by atoms with Crippen molar-refractivity contribution in [3.63, 3.8) is 0 Å². The molecule has 0 fully saturated rings. The molecule has 0 atom stereocenters. The Bertz CT molecular complexity index is 1310. The monoisotopic (exact) mass is 485 g/mol.